The Morgan fingerprint density at radius 1 is 1.39 bits per heavy atom. The van der Waals surface area contributed by atoms with E-state index < -0.39 is 0 Å². The molecular weight excluding hydrogens is 233 g/mol. The molecule has 2 aromatic rings. The number of hydrogen-bond acceptors (Lipinski definition) is 3. The third-order valence-corrected chi connectivity index (χ3v) is 2.87. The zero-order chi connectivity index (χ0) is 13.1. The Morgan fingerprint density at radius 2 is 2.17 bits per heavy atom. The number of aryl methyl sites for hydroxylation is 1. The molecule has 4 nitrogen and oxygen atoms in total. The SMILES string of the molecule is CCCc1c(CO)nnn1-c1ccc(F)c(C)c1. The number of aliphatic hydroxyl groups is 1. The summed E-state index contributed by atoms with van der Waals surface area (Å²) in [4.78, 5) is 0. The molecule has 5 heteroatoms. The monoisotopic (exact) mass is 249 g/mol. The Morgan fingerprint density at radius 3 is 2.78 bits per heavy atom. The van der Waals surface area contributed by atoms with Crippen molar-refractivity contribution in [2.75, 3.05) is 0 Å². The van der Waals surface area contributed by atoms with Crippen molar-refractivity contribution in [2.24, 2.45) is 0 Å². The molecule has 0 spiro atoms. The molecule has 0 aliphatic heterocycles. The maximum Gasteiger partial charge on any atom is 0.126 e. The molecule has 0 fully saturated rings. The van der Waals surface area contributed by atoms with E-state index in [0.29, 0.717) is 11.3 Å². The van der Waals surface area contributed by atoms with Gasteiger partial charge in [0, 0.05) is 0 Å². The largest absolute Gasteiger partial charge is 0.390 e. The molecule has 0 saturated heterocycles. The van der Waals surface area contributed by atoms with Gasteiger partial charge in [0.1, 0.15) is 11.5 Å². The van der Waals surface area contributed by atoms with Crippen molar-refractivity contribution < 1.29 is 9.50 Å². The summed E-state index contributed by atoms with van der Waals surface area (Å²) >= 11 is 0. The summed E-state index contributed by atoms with van der Waals surface area (Å²) in [6.45, 7) is 3.63. The Hall–Kier alpha value is -1.75. The van der Waals surface area contributed by atoms with Gasteiger partial charge in [0.2, 0.25) is 0 Å². The van der Waals surface area contributed by atoms with Crippen LogP contribution in [0.3, 0.4) is 0 Å². The first-order valence-electron chi connectivity index (χ1n) is 5.98. The van der Waals surface area contributed by atoms with Crippen LogP contribution in [-0.2, 0) is 13.0 Å². The predicted molar refractivity (Wildman–Crippen MR) is 66.0 cm³/mol. The molecule has 1 aromatic carbocycles. The number of rotatable bonds is 4. The minimum Gasteiger partial charge on any atom is -0.390 e. The zero-order valence-corrected chi connectivity index (χ0v) is 10.5. The van der Waals surface area contributed by atoms with Crippen LogP contribution >= 0.6 is 0 Å². The summed E-state index contributed by atoms with van der Waals surface area (Å²) in [5.41, 5.74) is 2.80. The molecule has 96 valence electrons. The van der Waals surface area contributed by atoms with Gasteiger partial charge in [-0.25, -0.2) is 9.07 Å². The van der Waals surface area contributed by atoms with Crippen molar-refractivity contribution in [1.29, 1.82) is 0 Å². The van der Waals surface area contributed by atoms with E-state index in [1.165, 1.54) is 6.07 Å². The summed E-state index contributed by atoms with van der Waals surface area (Å²) in [6.07, 6.45) is 1.71. The third-order valence-electron chi connectivity index (χ3n) is 2.87. The van der Waals surface area contributed by atoms with Gasteiger partial charge in [0.25, 0.3) is 0 Å². The molecule has 1 heterocycles. The number of aromatic nitrogens is 3. The van der Waals surface area contributed by atoms with Gasteiger partial charge in [0.15, 0.2) is 0 Å². The second kappa shape index (κ2) is 5.27. The normalized spacial score (nSPS) is 10.9. The molecule has 2 rings (SSSR count). The molecule has 0 unspecified atom stereocenters. The lowest BCUT2D eigenvalue weighted by atomic mass is 10.1. The van der Waals surface area contributed by atoms with E-state index in [1.807, 2.05) is 0 Å². The van der Waals surface area contributed by atoms with Gasteiger partial charge < -0.3 is 5.11 Å². The van der Waals surface area contributed by atoms with Crippen LogP contribution in [0.25, 0.3) is 5.69 Å². The molecule has 18 heavy (non-hydrogen) atoms. The van der Waals surface area contributed by atoms with Crippen molar-refractivity contribution in [3.05, 3.63) is 41.0 Å². The number of benzene rings is 1. The lowest BCUT2D eigenvalue weighted by Gasteiger charge is -2.07. The van der Waals surface area contributed by atoms with Crippen LogP contribution in [0.4, 0.5) is 4.39 Å². The van der Waals surface area contributed by atoms with E-state index in [-0.39, 0.29) is 12.4 Å². The van der Waals surface area contributed by atoms with Gasteiger partial charge in [-0.05, 0) is 37.1 Å². The fraction of sp³-hybridized carbons (Fsp3) is 0.385. The molecule has 0 amide bonds. The van der Waals surface area contributed by atoms with E-state index in [0.717, 1.165) is 24.2 Å². The Balaban J connectivity index is 2.49. The number of hydrogen-bond donors (Lipinski definition) is 1. The molecule has 0 radical (unpaired) electrons. The quantitative estimate of drug-likeness (QED) is 0.903. The molecular formula is C13H16FN3O. The highest BCUT2D eigenvalue weighted by molar-refractivity contribution is 5.37. The fourth-order valence-corrected chi connectivity index (χ4v) is 1.91. The maximum absolute atomic E-state index is 13.2. The average Bonchev–Trinajstić information content (AvgIpc) is 2.76. The molecule has 1 aromatic heterocycles. The maximum atomic E-state index is 13.2. The van der Waals surface area contributed by atoms with Crippen LogP contribution in [0.5, 0.6) is 0 Å². The highest BCUT2D eigenvalue weighted by atomic mass is 19.1. The van der Waals surface area contributed by atoms with Crippen LogP contribution in [0, 0.1) is 12.7 Å². The minimum atomic E-state index is -0.238. The number of aliphatic hydroxyl groups excluding tert-OH is 1. The van der Waals surface area contributed by atoms with E-state index >= 15 is 0 Å². The number of halogens is 1. The van der Waals surface area contributed by atoms with Crippen molar-refractivity contribution in [2.45, 2.75) is 33.3 Å². The lowest BCUT2D eigenvalue weighted by Crippen LogP contribution is -2.04. The van der Waals surface area contributed by atoms with Crippen molar-refractivity contribution in [3.8, 4) is 5.69 Å². The molecule has 0 bridgehead atoms. The van der Waals surface area contributed by atoms with Gasteiger partial charge in [-0.1, -0.05) is 18.6 Å². The number of nitrogens with zero attached hydrogens (tertiary/aromatic N) is 3. The second-order valence-electron chi connectivity index (χ2n) is 4.24. The smallest absolute Gasteiger partial charge is 0.126 e. The summed E-state index contributed by atoms with van der Waals surface area (Å²) in [7, 11) is 0. The molecule has 0 aliphatic carbocycles. The van der Waals surface area contributed by atoms with E-state index in [2.05, 4.69) is 17.2 Å². The molecule has 0 aliphatic rings. The van der Waals surface area contributed by atoms with Crippen LogP contribution in [0.15, 0.2) is 18.2 Å². The standard InChI is InChI=1S/C13H16FN3O/c1-3-4-13-12(8-18)15-16-17(13)10-5-6-11(14)9(2)7-10/h5-7,18H,3-4,8H2,1-2H3. The van der Waals surface area contributed by atoms with Gasteiger partial charge in [-0.3, -0.25) is 0 Å². The average molecular weight is 249 g/mol. The first-order valence-corrected chi connectivity index (χ1v) is 5.98. The van der Waals surface area contributed by atoms with Crippen molar-refractivity contribution in [3.63, 3.8) is 0 Å². The van der Waals surface area contributed by atoms with E-state index in [4.69, 9.17) is 0 Å². The lowest BCUT2D eigenvalue weighted by molar-refractivity contribution is 0.275. The minimum absolute atomic E-state index is 0.129. The highest BCUT2D eigenvalue weighted by Crippen LogP contribution is 2.17. The van der Waals surface area contributed by atoms with Gasteiger partial charge in [-0.2, -0.15) is 0 Å². The van der Waals surface area contributed by atoms with Crippen LogP contribution < -0.4 is 0 Å². The third kappa shape index (κ3) is 2.26. The van der Waals surface area contributed by atoms with Crippen molar-refractivity contribution >= 4 is 0 Å². The van der Waals surface area contributed by atoms with E-state index in [9.17, 15) is 9.50 Å². The molecule has 0 saturated carbocycles. The summed E-state index contributed by atoms with van der Waals surface area (Å²) in [5, 5.41) is 17.2. The van der Waals surface area contributed by atoms with Crippen molar-refractivity contribution in [1.82, 2.24) is 15.0 Å². The second-order valence-corrected chi connectivity index (χ2v) is 4.24. The fourth-order valence-electron chi connectivity index (χ4n) is 1.91. The van der Waals surface area contributed by atoms with Crippen LogP contribution in [-0.4, -0.2) is 20.1 Å². The Bertz CT molecular complexity index is 551. The zero-order valence-electron chi connectivity index (χ0n) is 10.5. The molecule has 1 N–H and O–H groups in total. The Labute approximate surface area is 105 Å². The van der Waals surface area contributed by atoms with Crippen LogP contribution in [0.1, 0.15) is 30.3 Å². The van der Waals surface area contributed by atoms with Crippen LogP contribution in [0.2, 0.25) is 0 Å². The van der Waals surface area contributed by atoms with Gasteiger partial charge >= 0.3 is 0 Å². The van der Waals surface area contributed by atoms with Gasteiger partial charge in [0.05, 0.1) is 18.0 Å². The summed E-state index contributed by atoms with van der Waals surface area (Å²) < 4.78 is 14.9. The first kappa shape index (κ1) is 12.7. The van der Waals surface area contributed by atoms with Gasteiger partial charge in [-0.15, -0.1) is 5.10 Å². The molecule has 0 atom stereocenters. The summed E-state index contributed by atoms with van der Waals surface area (Å²) in [5.74, 6) is -0.238. The Kier molecular flexibility index (Phi) is 3.72. The topological polar surface area (TPSA) is 50.9 Å². The highest BCUT2D eigenvalue weighted by Gasteiger charge is 2.13. The predicted octanol–water partition coefficient (Wildman–Crippen LogP) is 2.16. The first-order chi connectivity index (χ1) is 8.67. The van der Waals surface area contributed by atoms with E-state index in [1.54, 1.807) is 23.7 Å². The summed E-state index contributed by atoms with van der Waals surface area (Å²) in [6, 6.07) is 4.81.